The van der Waals surface area contributed by atoms with Gasteiger partial charge in [0, 0.05) is 0 Å². The van der Waals surface area contributed by atoms with E-state index in [4.69, 9.17) is 10.7 Å². The number of aryl methyl sites for hydroxylation is 1. The van der Waals surface area contributed by atoms with Gasteiger partial charge in [0.25, 0.3) is 0 Å². The van der Waals surface area contributed by atoms with E-state index in [-0.39, 0.29) is 5.54 Å². The van der Waals surface area contributed by atoms with E-state index in [9.17, 15) is 0 Å². The maximum absolute atomic E-state index is 6.59. The summed E-state index contributed by atoms with van der Waals surface area (Å²) in [6.45, 7) is 4.45. The van der Waals surface area contributed by atoms with Crippen LogP contribution in [0.5, 0.6) is 0 Å². The molecule has 3 rings (SSSR count). The Balaban J connectivity index is 1.98. The molecule has 1 saturated carbocycles. The van der Waals surface area contributed by atoms with Crippen molar-refractivity contribution in [1.29, 1.82) is 0 Å². The van der Waals surface area contributed by atoms with Gasteiger partial charge in [-0.1, -0.05) is 13.0 Å². The maximum atomic E-state index is 6.59. The molecule has 0 spiro atoms. The summed E-state index contributed by atoms with van der Waals surface area (Å²) in [5, 5.41) is 1.13. The SMILES string of the molecule is Cc1ccc2nc(C3(N)CCC(C)CC3)sc2c1. The number of aromatic nitrogens is 1. The molecular formula is C15H20N2S. The Labute approximate surface area is 112 Å². The molecule has 1 aromatic heterocycles. The molecule has 2 nitrogen and oxygen atoms in total. The van der Waals surface area contributed by atoms with E-state index >= 15 is 0 Å². The third kappa shape index (κ3) is 2.06. The predicted molar refractivity (Wildman–Crippen MR) is 77.9 cm³/mol. The first-order valence-corrected chi connectivity index (χ1v) is 7.55. The van der Waals surface area contributed by atoms with E-state index in [1.54, 1.807) is 11.3 Å². The lowest BCUT2D eigenvalue weighted by atomic mass is 9.78. The van der Waals surface area contributed by atoms with Gasteiger partial charge in [-0.2, -0.15) is 0 Å². The first-order chi connectivity index (χ1) is 8.57. The molecule has 0 amide bonds. The van der Waals surface area contributed by atoms with E-state index in [1.807, 2.05) is 0 Å². The van der Waals surface area contributed by atoms with Crippen molar-refractivity contribution in [3.63, 3.8) is 0 Å². The minimum Gasteiger partial charge on any atom is -0.319 e. The van der Waals surface area contributed by atoms with E-state index in [2.05, 4.69) is 32.0 Å². The zero-order valence-corrected chi connectivity index (χ0v) is 11.9. The summed E-state index contributed by atoms with van der Waals surface area (Å²) >= 11 is 1.78. The van der Waals surface area contributed by atoms with Crippen molar-refractivity contribution in [1.82, 2.24) is 4.98 Å². The number of thiazole rings is 1. The third-order valence-electron chi connectivity index (χ3n) is 4.14. The average Bonchev–Trinajstić information content (AvgIpc) is 2.77. The summed E-state index contributed by atoms with van der Waals surface area (Å²) in [5.41, 5.74) is 8.81. The minimum absolute atomic E-state index is 0.176. The molecule has 96 valence electrons. The molecule has 0 atom stereocenters. The molecule has 2 N–H and O–H groups in total. The lowest BCUT2D eigenvalue weighted by Crippen LogP contribution is -2.40. The van der Waals surface area contributed by atoms with E-state index in [1.165, 1.54) is 23.1 Å². The Morgan fingerprint density at radius 3 is 2.78 bits per heavy atom. The van der Waals surface area contributed by atoms with Gasteiger partial charge >= 0.3 is 0 Å². The van der Waals surface area contributed by atoms with Gasteiger partial charge < -0.3 is 5.73 Å². The standard InChI is InChI=1S/C15H20N2S/c1-10-5-7-15(16,8-6-10)14-17-12-4-3-11(2)9-13(12)18-14/h3-4,9-10H,5-8,16H2,1-2H3. The van der Waals surface area contributed by atoms with Gasteiger partial charge in [0.15, 0.2) is 0 Å². The van der Waals surface area contributed by atoms with Gasteiger partial charge in [-0.15, -0.1) is 11.3 Å². The van der Waals surface area contributed by atoms with Crippen molar-refractivity contribution in [3.05, 3.63) is 28.8 Å². The second-order valence-electron chi connectivity index (χ2n) is 5.83. The zero-order chi connectivity index (χ0) is 12.8. The molecule has 1 fully saturated rings. The van der Waals surface area contributed by atoms with Gasteiger partial charge in [0.05, 0.1) is 15.8 Å². The van der Waals surface area contributed by atoms with Gasteiger partial charge in [0.2, 0.25) is 0 Å². The van der Waals surface area contributed by atoms with Gasteiger partial charge in [-0.05, 0) is 56.2 Å². The molecule has 2 aromatic rings. The molecule has 1 aromatic carbocycles. The summed E-state index contributed by atoms with van der Waals surface area (Å²) in [5.74, 6) is 0.818. The fourth-order valence-electron chi connectivity index (χ4n) is 2.74. The summed E-state index contributed by atoms with van der Waals surface area (Å²) < 4.78 is 1.27. The van der Waals surface area contributed by atoms with Crippen LogP contribution in [0.3, 0.4) is 0 Å². The maximum Gasteiger partial charge on any atom is 0.114 e. The van der Waals surface area contributed by atoms with Crippen molar-refractivity contribution in [3.8, 4) is 0 Å². The van der Waals surface area contributed by atoms with Crippen LogP contribution in [0, 0.1) is 12.8 Å². The molecule has 18 heavy (non-hydrogen) atoms. The molecule has 3 heteroatoms. The fraction of sp³-hybridized carbons (Fsp3) is 0.533. The monoisotopic (exact) mass is 260 g/mol. The number of fused-ring (bicyclic) bond motifs is 1. The molecule has 0 saturated heterocycles. The lowest BCUT2D eigenvalue weighted by Gasteiger charge is -2.34. The number of hydrogen-bond donors (Lipinski definition) is 1. The Bertz CT molecular complexity index is 565. The van der Waals surface area contributed by atoms with Gasteiger partial charge in [-0.25, -0.2) is 4.98 Å². The van der Waals surface area contributed by atoms with Crippen molar-refractivity contribution in [2.24, 2.45) is 11.7 Å². The van der Waals surface area contributed by atoms with E-state index in [0.29, 0.717) is 0 Å². The van der Waals surface area contributed by atoms with Crippen molar-refractivity contribution in [2.75, 3.05) is 0 Å². The highest BCUT2D eigenvalue weighted by molar-refractivity contribution is 7.18. The van der Waals surface area contributed by atoms with Crippen LogP contribution in [-0.2, 0) is 5.54 Å². The van der Waals surface area contributed by atoms with Crippen LogP contribution in [0.4, 0.5) is 0 Å². The Morgan fingerprint density at radius 1 is 1.33 bits per heavy atom. The molecule has 0 unspecified atom stereocenters. The molecule has 0 aliphatic heterocycles. The van der Waals surface area contributed by atoms with E-state index < -0.39 is 0 Å². The molecular weight excluding hydrogens is 240 g/mol. The van der Waals surface area contributed by atoms with Crippen LogP contribution in [0.2, 0.25) is 0 Å². The van der Waals surface area contributed by atoms with Crippen molar-refractivity contribution < 1.29 is 0 Å². The van der Waals surface area contributed by atoms with Crippen LogP contribution < -0.4 is 5.73 Å². The molecule has 1 aliphatic carbocycles. The zero-order valence-electron chi connectivity index (χ0n) is 11.1. The van der Waals surface area contributed by atoms with Crippen LogP contribution in [0.15, 0.2) is 18.2 Å². The third-order valence-corrected chi connectivity index (χ3v) is 5.37. The first-order valence-electron chi connectivity index (χ1n) is 6.73. The number of rotatable bonds is 1. The second kappa shape index (κ2) is 4.32. The largest absolute Gasteiger partial charge is 0.319 e. The van der Waals surface area contributed by atoms with E-state index in [0.717, 1.165) is 29.3 Å². The smallest absolute Gasteiger partial charge is 0.114 e. The number of hydrogen-bond acceptors (Lipinski definition) is 3. The topological polar surface area (TPSA) is 38.9 Å². The van der Waals surface area contributed by atoms with Gasteiger partial charge in [0.1, 0.15) is 5.01 Å². The summed E-state index contributed by atoms with van der Waals surface area (Å²) in [6.07, 6.45) is 4.61. The first kappa shape index (κ1) is 12.1. The Morgan fingerprint density at radius 2 is 2.06 bits per heavy atom. The van der Waals surface area contributed by atoms with Crippen LogP contribution >= 0.6 is 11.3 Å². The number of benzene rings is 1. The lowest BCUT2D eigenvalue weighted by molar-refractivity contribution is 0.247. The second-order valence-corrected chi connectivity index (χ2v) is 6.86. The van der Waals surface area contributed by atoms with Crippen LogP contribution in [0.25, 0.3) is 10.2 Å². The highest BCUT2D eigenvalue weighted by atomic mass is 32.1. The molecule has 0 bridgehead atoms. The highest BCUT2D eigenvalue weighted by Crippen LogP contribution is 2.40. The predicted octanol–water partition coefficient (Wildman–Crippen LogP) is 3.97. The Kier molecular flexibility index (Phi) is 2.91. The van der Waals surface area contributed by atoms with Crippen molar-refractivity contribution >= 4 is 21.6 Å². The number of nitrogens with zero attached hydrogens (tertiary/aromatic N) is 1. The minimum atomic E-state index is -0.176. The normalized spacial score (nSPS) is 28.7. The number of nitrogens with two attached hydrogens (primary N) is 1. The summed E-state index contributed by atoms with van der Waals surface area (Å²) in [7, 11) is 0. The summed E-state index contributed by atoms with van der Waals surface area (Å²) in [6, 6.07) is 6.45. The fourth-order valence-corrected chi connectivity index (χ4v) is 3.96. The summed E-state index contributed by atoms with van der Waals surface area (Å²) in [4.78, 5) is 4.77. The molecule has 1 heterocycles. The van der Waals surface area contributed by atoms with Crippen LogP contribution in [-0.4, -0.2) is 4.98 Å². The average molecular weight is 260 g/mol. The molecule has 0 radical (unpaired) electrons. The van der Waals surface area contributed by atoms with Gasteiger partial charge in [-0.3, -0.25) is 0 Å². The quantitative estimate of drug-likeness (QED) is 0.842. The van der Waals surface area contributed by atoms with Crippen molar-refractivity contribution in [2.45, 2.75) is 45.1 Å². The highest BCUT2D eigenvalue weighted by Gasteiger charge is 2.34. The Hall–Kier alpha value is -0.930. The molecule has 1 aliphatic rings. The van der Waals surface area contributed by atoms with Crippen LogP contribution in [0.1, 0.15) is 43.2 Å².